The third kappa shape index (κ3) is 3.27. The van der Waals surface area contributed by atoms with E-state index >= 15 is 0 Å². The predicted octanol–water partition coefficient (Wildman–Crippen LogP) is 1.29. The fourth-order valence-corrected chi connectivity index (χ4v) is 2.61. The van der Waals surface area contributed by atoms with Crippen LogP contribution in [-0.2, 0) is 13.2 Å². The number of nitrogens with one attached hydrogen (secondary N) is 1. The number of hydrogen-bond donors (Lipinski definition) is 2. The summed E-state index contributed by atoms with van der Waals surface area (Å²) in [6.45, 7) is 1.64. The van der Waals surface area contributed by atoms with Gasteiger partial charge < -0.3 is 10.1 Å². The van der Waals surface area contributed by atoms with Crippen molar-refractivity contribution in [2.75, 3.05) is 0 Å². The van der Waals surface area contributed by atoms with Crippen LogP contribution in [0.5, 0.6) is 0 Å². The molecule has 3 aromatic heterocycles. The highest BCUT2D eigenvalue weighted by Gasteiger charge is 2.29. The molecule has 3 rings (SSSR count). The van der Waals surface area contributed by atoms with Crippen molar-refractivity contribution in [2.45, 2.75) is 39.2 Å². The highest BCUT2D eigenvalue weighted by atomic mass is 19.4. The van der Waals surface area contributed by atoms with Crippen LogP contribution in [0.25, 0.3) is 11.0 Å². The van der Waals surface area contributed by atoms with Gasteiger partial charge in [-0.2, -0.15) is 23.4 Å². The van der Waals surface area contributed by atoms with Gasteiger partial charge >= 0.3 is 6.18 Å². The van der Waals surface area contributed by atoms with E-state index in [0.717, 1.165) is 4.68 Å². The Hall–Kier alpha value is -2.69. The van der Waals surface area contributed by atoms with Crippen LogP contribution in [0.15, 0.2) is 17.2 Å². The largest absolute Gasteiger partial charge is 0.408 e. The zero-order valence-electron chi connectivity index (χ0n) is 13.4. The zero-order valence-corrected chi connectivity index (χ0v) is 13.4. The predicted molar refractivity (Wildman–Crippen MR) is 80.9 cm³/mol. The van der Waals surface area contributed by atoms with Gasteiger partial charge in [0.05, 0.1) is 18.8 Å². The molecule has 0 bridgehead atoms. The maximum atomic E-state index is 12.5. The zero-order chi connectivity index (χ0) is 18.4. The van der Waals surface area contributed by atoms with E-state index in [1.54, 1.807) is 13.8 Å². The summed E-state index contributed by atoms with van der Waals surface area (Å²) < 4.78 is 39.6. The summed E-state index contributed by atoms with van der Waals surface area (Å²) in [6.07, 6.45) is -1.80. The lowest BCUT2D eigenvalue weighted by Crippen LogP contribution is -2.18. The van der Waals surface area contributed by atoms with Crippen LogP contribution in [0.3, 0.4) is 0 Å². The van der Waals surface area contributed by atoms with Crippen LogP contribution in [0, 0.1) is 6.92 Å². The number of aliphatic hydroxyl groups is 1. The fraction of sp³-hybridized carbons (Fsp3) is 0.429. The Kier molecular flexibility index (Phi) is 4.11. The number of aromatic nitrogens is 6. The molecule has 0 radical (unpaired) electrons. The molecule has 1 atom stereocenters. The van der Waals surface area contributed by atoms with Crippen molar-refractivity contribution in [3.8, 4) is 0 Å². The number of aryl methyl sites for hydroxylation is 1. The molecule has 0 fully saturated rings. The van der Waals surface area contributed by atoms with Crippen molar-refractivity contribution in [1.29, 1.82) is 0 Å². The molecule has 0 aliphatic heterocycles. The first-order chi connectivity index (χ1) is 11.7. The first kappa shape index (κ1) is 17.1. The standard InChI is InChI=1S/C14H15F3N6O2/c1-7(9-3-18-22(4-9)6-14(15,16)17)23-12-11(10(5-24)21-23)13(25)20-8(2)19-12/h3-4,7,24H,5-6H2,1-2H3,(H,19,20,25)/t7-/m0/s1. The maximum absolute atomic E-state index is 12.5. The fourth-order valence-electron chi connectivity index (χ4n) is 2.61. The summed E-state index contributed by atoms with van der Waals surface area (Å²) in [5.74, 6) is 0.364. The van der Waals surface area contributed by atoms with Gasteiger partial charge in [0.2, 0.25) is 0 Å². The molecule has 0 amide bonds. The SMILES string of the molecule is Cc1nc2c(c(CO)nn2[C@@H](C)c2cnn(CC(F)(F)F)c2)c(=O)[nH]1. The van der Waals surface area contributed by atoms with Crippen molar-refractivity contribution in [3.05, 3.63) is 39.8 Å². The molecule has 3 heterocycles. The number of hydrogen-bond acceptors (Lipinski definition) is 5. The normalized spacial score (nSPS) is 13.5. The van der Waals surface area contributed by atoms with Gasteiger partial charge in [-0.15, -0.1) is 0 Å². The second-order valence-corrected chi connectivity index (χ2v) is 5.66. The third-order valence-electron chi connectivity index (χ3n) is 3.75. The smallest absolute Gasteiger partial charge is 0.390 e. The van der Waals surface area contributed by atoms with E-state index in [9.17, 15) is 23.1 Å². The molecule has 0 unspecified atom stereocenters. The molecule has 0 aliphatic rings. The summed E-state index contributed by atoms with van der Waals surface area (Å²) in [4.78, 5) is 18.9. The third-order valence-corrected chi connectivity index (χ3v) is 3.75. The average Bonchev–Trinajstić information content (AvgIpc) is 3.09. The van der Waals surface area contributed by atoms with Gasteiger partial charge in [-0.1, -0.05) is 0 Å². The molecule has 25 heavy (non-hydrogen) atoms. The van der Waals surface area contributed by atoms with Gasteiger partial charge in [0.25, 0.3) is 5.56 Å². The van der Waals surface area contributed by atoms with Crippen LogP contribution in [0.4, 0.5) is 13.2 Å². The van der Waals surface area contributed by atoms with Gasteiger partial charge in [0.15, 0.2) is 5.65 Å². The van der Waals surface area contributed by atoms with Gasteiger partial charge in [-0.3, -0.25) is 9.48 Å². The molecule has 0 spiro atoms. The molecule has 0 saturated heterocycles. The Balaban J connectivity index is 2.06. The summed E-state index contributed by atoms with van der Waals surface area (Å²) in [7, 11) is 0. The van der Waals surface area contributed by atoms with Gasteiger partial charge in [-0.25, -0.2) is 9.67 Å². The van der Waals surface area contributed by atoms with Crippen molar-refractivity contribution >= 4 is 11.0 Å². The number of H-pyrrole nitrogens is 1. The highest BCUT2D eigenvalue weighted by molar-refractivity contribution is 5.77. The molecular weight excluding hydrogens is 341 g/mol. The highest BCUT2D eigenvalue weighted by Crippen LogP contribution is 2.24. The van der Waals surface area contributed by atoms with Crippen LogP contribution < -0.4 is 5.56 Å². The molecule has 134 valence electrons. The Morgan fingerprint density at radius 3 is 2.76 bits per heavy atom. The molecular formula is C14H15F3N6O2. The Morgan fingerprint density at radius 2 is 2.12 bits per heavy atom. The lowest BCUT2D eigenvalue weighted by atomic mass is 10.2. The number of aromatic amines is 1. The minimum Gasteiger partial charge on any atom is -0.390 e. The van der Waals surface area contributed by atoms with Crippen molar-refractivity contribution in [3.63, 3.8) is 0 Å². The summed E-state index contributed by atoms with van der Waals surface area (Å²) in [5.41, 5.74) is 0.440. The number of halogens is 3. The van der Waals surface area contributed by atoms with Gasteiger partial charge in [-0.05, 0) is 13.8 Å². The Bertz CT molecular complexity index is 971. The van der Waals surface area contributed by atoms with Crippen molar-refractivity contribution in [2.24, 2.45) is 0 Å². The molecule has 0 saturated carbocycles. The van der Waals surface area contributed by atoms with E-state index in [1.165, 1.54) is 17.1 Å². The Labute approximate surface area is 138 Å². The molecule has 8 nitrogen and oxygen atoms in total. The first-order valence-corrected chi connectivity index (χ1v) is 7.37. The molecule has 3 aromatic rings. The summed E-state index contributed by atoms with van der Waals surface area (Å²) in [6, 6.07) is -0.529. The molecule has 2 N–H and O–H groups in total. The van der Waals surface area contributed by atoms with E-state index in [2.05, 4.69) is 20.2 Å². The van der Waals surface area contributed by atoms with E-state index < -0.39 is 30.9 Å². The monoisotopic (exact) mass is 356 g/mol. The minimum absolute atomic E-state index is 0.151. The van der Waals surface area contributed by atoms with Crippen LogP contribution in [-0.4, -0.2) is 40.8 Å². The van der Waals surface area contributed by atoms with E-state index in [4.69, 9.17) is 0 Å². The summed E-state index contributed by atoms with van der Waals surface area (Å²) in [5, 5.41) is 17.5. The number of nitrogens with zero attached hydrogens (tertiary/aromatic N) is 5. The number of fused-ring (bicyclic) bond motifs is 1. The van der Waals surface area contributed by atoms with Crippen LogP contribution in [0.2, 0.25) is 0 Å². The quantitative estimate of drug-likeness (QED) is 0.733. The number of alkyl halides is 3. The van der Waals surface area contributed by atoms with Crippen molar-refractivity contribution < 1.29 is 18.3 Å². The second-order valence-electron chi connectivity index (χ2n) is 5.66. The lowest BCUT2D eigenvalue weighted by Gasteiger charge is -2.11. The van der Waals surface area contributed by atoms with Gasteiger partial charge in [0, 0.05) is 11.8 Å². The van der Waals surface area contributed by atoms with E-state index in [-0.39, 0.29) is 16.7 Å². The average molecular weight is 356 g/mol. The van der Waals surface area contributed by atoms with Crippen LogP contribution >= 0.6 is 0 Å². The molecule has 0 aliphatic carbocycles. The minimum atomic E-state index is -4.37. The maximum Gasteiger partial charge on any atom is 0.408 e. The number of rotatable bonds is 4. The Morgan fingerprint density at radius 1 is 1.40 bits per heavy atom. The topological polar surface area (TPSA) is 102 Å². The molecule has 0 aromatic carbocycles. The van der Waals surface area contributed by atoms with Crippen molar-refractivity contribution in [1.82, 2.24) is 29.5 Å². The second kappa shape index (κ2) is 5.99. The first-order valence-electron chi connectivity index (χ1n) is 7.37. The number of aliphatic hydroxyl groups excluding tert-OH is 1. The molecule has 11 heteroatoms. The van der Waals surface area contributed by atoms with E-state index in [0.29, 0.717) is 11.4 Å². The summed E-state index contributed by atoms with van der Waals surface area (Å²) >= 11 is 0. The lowest BCUT2D eigenvalue weighted by molar-refractivity contribution is -0.142. The van der Waals surface area contributed by atoms with E-state index in [1.807, 2.05) is 0 Å². The van der Waals surface area contributed by atoms with Crippen LogP contribution in [0.1, 0.15) is 30.0 Å². The van der Waals surface area contributed by atoms with Gasteiger partial charge in [0.1, 0.15) is 23.4 Å².